The molecule has 25 heavy (non-hydrogen) atoms. The summed E-state index contributed by atoms with van der Waals surface area (Å²) in [5.74, 6) is 0. The highest BCUT2D eigenvalue weighted by atomic mass is 32.2. The van der Waals surface area contributed by atoms with Gasteiger partial charge in [0.25, 0.3) is 0 Å². The van der Waals surface area contributed by atoms with Crippen molar-refractivity contribution in [3.8, 4) is 0 Å². The molecule has 1 aromatic carbocycles. The largest absolute Gasteiger partial charge is 0.464 e. The van der Waals surface area contributed by atoms with Gasteiger partial charge in [0.15, 0.2) is 0 Å². The van der Waals surface area contributed by atoms with Crippen LogP contribution in [0.3, 0.4) is 0 Å². The molecule has 1 N–H and O–H groups in total. The van der Waals surface area contributed by atoms with E-state index >= 15 is 0 Å². The Kier molecular flexibility index (Phi) is 7.19. The average molecular weight is 369 g/mol. The molecule has 0 spiro atoms. The zero-order chi connectivity index (χ0) is 19.3. The van der Waals surface area contributed by atoms with E-state index in [1.54, 1.807) is 12.2 Å². The van der Waals surface area contributed by atoms with Crippen LogP contribution in [-0.4, -0.2) is 42.3 Å². The molecule has 1 unspecified atom stereocenters. The predicted molar refractivity (Wildman–Crippen MR) is 97.8 cm³/mol. The highest BCUT2D eigenvalue weighted by Crippen LogP contribution is 2.25. The lowest BCUT2D eigenvalue weighted by atomic mass is 9.88. The quantitative estimate of drug-likeness (QED) is 0.744. The smallest absolute Gasteiger partial charge is 0.421 e. The molecule has 0 heterocycles. The Morgan fingerprint density at radius 1 is 1.24 bits per heavy atom. The molecule has 0 aliphatic rings. The molecule has 1 aromatic rings. The summed E-state index contributed by atoms with van der Waals surface area (Å²) in [6, 6.07) is 8.89. The highest BCUT2D eigenvalue weighted by Gasteiger charge is 2.28. The van der Waals surface area contributed by atoms with Crippen molar-refractivity contribution >= 4 is 16.1 Å². The van der Waals surface area contributed by atoms with Crippen LogP contribution in [-0.2, 0) is 21.4 Å². The van der Waals surface area contributed by atoms with Crippen LogP contribution in [0.1, 0.15) is 33.3 Å². The van der Waals surface area contributed by atoms with Crippen molar-refractivity contribution in [2.75, 3.05) is 6.26 Å². The maximum atomic E-state index is 11.6. The third kappa shape index (κ3) is 6.88. The molecule has 0 aliphatic heterocycles. The zero-order valence-corrected chi connectivity index (χ0v) is 16.2. The van der Waals surface area contributed by atoms with Crippen LogP contribution < -0.4 is 0 Å². The SMILES string of the molecule is C[C@H](C=CC(OCc1ccccc1)C(C)(C)C)N(C(=O)O)S(C)(=O)=O. The summed E-state index contributed by atoms with van der Waals surface area (Å²) in [6.07, 6.45) is 2.35. The second-order valence-electron chi connectivity index (χ2n) is 7.05. The molecule has 0 saturated carbocycles. The van der Waals surface area contributed by atoms with Gasteiger partial charge in [-0.3, -0.25) is 0 Å². The Morgan fingerprint density at radius 3 is 2.24 bits per heavy atom. The van der Waals surface area contributed by atoms with Crippen LogP contribution in [0.15, 0.2) is 42.5 Å². The van der Waals surface area contributed by atoms with Gasteiger partial charge in [0.05, 0.1) is 25.0 Å². The number of carbonyl (C=O) groups is 1. The van der Waals surface area contributed by atoms with Gasteiger partial charge in [-0.05, 0) is 17.9 Å². The van der Waals surface area contributed by atoms with Gasteiger partial charge in [-0.15, -0.1) is 0 Å². The summed E-state index contributed by atoms with van der Waals surface area (Å²) in [6.45, 7) is 7.94. The highest BCUT2D eigenvalue weighted by molar-refractivity contribution is 7.88. The molecule has 140 valence electrons. The summed E-state index contributed by atoms with van der Waals surface area (Å²) in [5.41, 5.74) is 0.797. The van der Waals surface area contributed by atoms with Crippen LogP contribution in [0.2, 0.25) is 0 Å². The molecule has 0 aliphatic carbocycles. The van der Waals surface area contributed by atoms with Crippen molar-refractivity contribution in [2.45, 2.75) is 46.4 Å². The van der Waals surface area contributed by atoms with Crippen LogP contribution in [0.4, 0.5) is 4.79 Å². The average Bonchev–Trinajstić information content (AvgIpc) is 2.44. The van der Waals surface area contributed by atoms with Gasteiger partial charge in [-0.1, -0.05) is 63.3 Å². The molecule has 0 saturated heterocycles. The van der Waals surface area contributed by atoms with E-state index in [-0.39, 0.29) is 11.5 Å². The number of rotatable bonds is 7. The zero-order valence-electron chi connectivity index (χ0n) is 15.3. The van der Waals surface area contributed by atoms with Crippen LogP contribution in [0.5, 0.6) is 0 Å². The minimum atomic E-state index is -3.86. The fourth-order valence-electron chi connectivity index (χ4n) is 2.31. The summed E-state index contributed by atoms with van der Waals surface area (Å²) in [7, 11) is -3.86. The summed E-state index contributed by atoms with van der Waals surface area (Å²) in [4.78, 5) is 11.2. The number of hydrogen-bond donors (Lipinski definition) is 1. The Labute approximate surface area is 150 Å². The monoisotopic (exact) mass is 369 g/mol. The Hall–Kier alpha value is -1.86. The lowest BCUT2D eigenvalue weighted by Gasteiger charge is -2.29. The lowest BCUT2D eigenvalue weighted by Crippen LogP contribution is -2.41. The number of benzene rings is 1. The van der Waals surface area contributed by atoms with E-state index in [1.165, 1.54) is 6.92 Å². The van der Waals surface area contributed by atoms with E-state index in [4.69, 9.17) is 9.84 Å². The normalized spacial score (nSPS) is 15.1. The molecule has 0 aromatic heterocycles. The van der Waals surface area contributed by atoms with E-state index in [0.29, 0.717) is 10.9 Å². The van der Waals surface area contributed by atoms with Crippen molar-refractivity contribution in [1.82, 2.24) is 4.31 Å². The summed E-state index contributed by atoms with van der Waals surface area (Å²) in [5, 5.41) is 9.14. The third-order valence-electron chi connectivity index (χ3n) is 3.61. The predicted octanol–water partition coefficient (Wildman–Crippen LogP) is 3.50. The van der Waals surface area contributed by atoms with Gasteiger partial charge < -0.3 is 9.84 Å². The van der Waals surface area contributed by atoms with Crippen LogP contribution in [0.25, 0.3) is 0 Å². The van der Waals surface area contributed by atoms with E-state index in [0.717, 1.165) is 11.8 Å². The molecule has 6 nitrogen and oxygen atoms in total. The molecular formula is C18H27NO5S. The van der Waals surface area contributed by atoms with Crippen LogP contribution >= 0.6 is 0 Å². The molecule has 2 atom stereocenters. The standard InChI is InChI=1S/C18H27NO5S/c1-14(19(17(20)21)25(5,22)23)11-12-16(18(2,3)4)24-13-15-9-7-6-8-10-15/h6-12,14,16H,13H2,1-5H3,(H,20,21)/t14-,16?/m1/s1. The molecule has 7 heteroatoms. The van der Waals surface area contributed by atoms with Crippen molar-refractivity contribution in [2.24, 2.45) is 5.41 Å². The van der Waals surface area contributed by atoms with E-state index < -0.39 is 22.2 Å². The lowest BCUT2D eigenvalue weighted by molar-refractivity contribution is 0.00384. The van der Waals surface area contributed by atoms with Gasteiger partial charge >= 0.3 is 6.09 Å². The Bertz CT molecular complexity index is 692. The maximum Gasteiger partial charge on any atom is 0.421 e. The minimum Gasteiger partial charge on any atom is -0.464 e. The number of sulfonamides is 1. The number of carboxylic acid groups (broad SMARTS) is 1. The topological polar surface area (TPSA) is 83.9 Å². The van der Waals surface area contributed by atoms with E-state index in [9.17, 15) is 13.2 Å². The van der Waals surface area contributed by atoms with Gasteiger partial charge in [0, 0.05) is 0 Å². The van der Waals surface area contributed by atoms with Crippen molar-refractivity contribution in [3.63, 3.8) is 0 Å². The van der Waals surface area contributed by atoms with Gasteiger partial charge in [0.1, 0.15) is 0 Å². The number of ether oxygens (including phenoxy) is 1. The molecule has 0 radical (unpaired) electrons. The summed E-state index contributed by atoms with van der Waals surface area (Å²) >= 11 is 0. The number of nitrogens with zero attached hydrogens (tertiary/aromatic N) is 1. The molecule has 0 fully saturated rings. The molecule has 1 amide bonds. The van der Waals surface area contributed by atoms with Crippen molar-refractivity contribution in [3.05, 3.63) is 48.0 Å². The van der Waals surface area contributed by atoms with Gasteiger partial charge in [-0.2, -0.15) is 4.31 Å². The first-order chi connectivity index (χ1) is 11.4. The first-order valence-electron chi connectivity index (χ1n) is 7.99. The van der Waals surface area contributed by atoms with Crippen molar-refractivity contribution in [1.29, 1.82) is 0 Å². The van der Waals surface area contributed by atoms with Crippen molar-refractivity contribution < 1.29 is 23.1 Å². The second kappa shape index (κ2) is 8.49. The molecule has 1 rings (SSSR count). The summed E-state index contributed by atoms with van der Waals surface area (Å²) < 4.78 is 29.7. The maximum absolute atomic E-state index is 11.6. The van der Waals surface area contributed by atoms with Gasteiger partial charge in [0.2, 0.25) is 10.0 Å². The third-order valence-corrected chi connectivity index (χ3v) is 4.81. The van der Waals surface area contributed by atoms with E-state index in [2.05, 4.69) is 0 Å². The Balaban J connectivity index is 2.90. The second-order valence-corrected chi connectivity index (χ2v) is 8.91. The number of hydrogen-bond acceptors (Lipinski definition) is 4. The first-order valence-corrected chi connectivity index (χ1v) is 9.84. The first kappa shape index (κ1) is 21.2. The Morgan fingerprint density at radius 2 is 1.80 bits per heavy atom. The molecular weight excluding hydrogens is 342 g/mol. The minimum absolute atomic E-state index is 0.232. The fourth-order valence-corrected chi connectivity index (χ4v) is 3.27. The fraction of sp³-hybridized carbons (Fsp3) is 0.500. The molecule has 0 bridgehead atoms. The van der Waals surface area contributed by atoms with Gasteiger partial charge in [-0.25, -0.2) is 13.2 Å². The van der Waals surface area contributed by atoms with Crippen LogP contribution in [0, 0.1) is 5.41 Å². The van der Waals surface area contributed by atoms with E-state index in [1.807, 2.05) is 51.1 Å². The number of amides is 1.